The van der Waals surface area contributed by atoms with E-state index in [-0.39, 0.29) is 18.1 Å². The van der Waals surface area contributed by atoms with Crippen LogP contribution >= 0.6 is 0 Å². The van der Waals surface area contributed by atoms with E-state index in [1.807, 2.05) is 24.3 Å². The predicted octanol–water partition coefficient (Wildman–Crippen LogP) is 2.64. The van der Waals surface area contributed by atoms with Gasteiger partial charge >= 0.3 is 0 Å². The molecule has 0 saturated heterocycles. The van der Waals surface area contributed by atoms with Crippen LogP contribution in [0.3, 0.4) is 0 Å². The molecule has 126 valence electrons. The molecule has 0 unspecified atom stereocenters. The average Bonchev–Trinajstić information content (AvgIpc) is 2.59. The topological polar surface area (TPSA) is 93.5 Å². The van der Waals surface area contributed by atoms with E-state index in [9.17, 15) is 14.9 Å². The Hall–Kier alpha value is -3.09. The van der Waals surface area contributed by atoms with Crippen LogP contribution in [0.1, 0.15) is 11.1 Å². The number of nitro benzene ring substituents is 1. The van der Waals surface area contributed by atoms with Crippen molar-refractivity contribution in [3.8, 4) is 5.75 Å². The van der Waals surface area contributed by atoms with Crippen molar-refractivity contribution >= 4 is 17.3 Å². The number of nitro groups is 1. The van der Waals surface area contributed by atoms with E-state index in [0.29, 0.717) is 17.8 Å². The number of rotatable bonds is 7. The number of carbonyl (C=O) groups is 1. The monoisotopic (exact) mass is 329 g/mol. The Bertz CT molecular complexity index is 746. The lowest BCUT2D eigenvalue weighted by atomic mass is 10.1. The number of nitrogens with zero attached hydrogens (tertiary/aromatic N) is 1. The molecule has 24 heavy (non-hydrogen) atoms. The molecule has 0 radical (unpaired) electrons. The summed E-state index contributed by atoms with van der Waals surface area (Å²) in [5.41, 5.74) is 2.02. The van der Waals surface area contributed by atoms with E-state index in [2.05, 4.69) is 10.6 Å². The van der Waals surface area contributed by atoms with Gasteiger partial charge in [0, 0.05) is 23.9 Å². The van der Waals surface area contributed by atoms with Gasteiger partial charge in [0.1, 0.15) is 5.75 Å². The van der Waals surface area contributed by atoms with Gasteiger partial charge in [0.15, 0.2) is 0 Å². The maximum Gasteiger partial charge on any atom is 0.274 e. The third kappa shape index (κ3) is 4.45. The Kier molecular flexibility index (Phi) is 5.73. The van der Waals surface area contributed by atoms with E-state index in [1.54, 1.807) is 26.2 Å². The predicted molar refractivity (Wildman–Crippen MR) is 91.2 cm³/mol. The van der Waals surface area contributed by atoms with Crippen molar-refractivity contribution < 1.29 is 14.5 Å². The summed E-state index contributed by atoms with van der Waals surface area (Å²) in [6.07, 6.45) is 0. The highest BCUT2D eigenvalue weighted by Crippen LogP contribution is 2.24. The third-order valence-corrected chi connectivity index (χ3v) is 3.57. The Morgan fingerprint density at radius 3 is 2.71 bits per heavy atom. The molecular formula is C17H19N3O4. The van der Waals surface area contributed by atoms with Gasteiger partial charge in [0.25, 0.3) is 5.69 Å². The molecule has 0 aromatic heterocycles. The van der Waals surface area contributed by atoms with Gasteiger partial charge in [-0.2, -0.15) is 0 Å². The Balaban J connectivity index is 1.89. The first kappa shape index (κ1) is 17.3. The third-order valence-electron chi connectivity index (χ3n) is 3.57. The SMILES string of the molecule is COc1cccc(CNC(=O)CNc2cccc([N+](=O)[O-])c2C)c1. The molecule has 0 spiro atoms. The number of hydrogen-bond acceptors (Lipinski definition) is 5. The number of carbonyl (C=O) groups excluding carboxylic acids is 1. The van der Waals surface area contributed by atoms with E-state index in [1.165, 1.54) is 6.07 Å². The highest BCUT2D eigenvalue weighted by atomic mass is 16.6. The first-order valence-electron chi connectivity index (χ1n) is 7.38. The van der Waals surface area contributed by atoms with Crippen molar-refractivity contribution in [1.82, 2.24) is 5.32 Å². The van der Waals surface area contributed by atoms with Crippen LogP contribution in [0.25, 0.3) is 0 Å². The quantitative estimate of drug-likeness (QED) is 0.601. The molecule has 0 heterocycles. The largest absolute Gasteiger partial charge is 0.497 e. The molecule has 2 N–H and O–H groups in total. The smallest absolute Gasteiger partial charge is 0.274 e. The minimum absolute atomic E-state index is 0.0248. The fraction of sp³-hybridized carbons (Fsp3) is 0.235. The number of amides is 1. The van der Waals surface area contributed by atoms with Gasteiger partial charge < -0.3 is 15.4 Å². The Labute approximate surface area is 139 Å². The lowest BCUT2D eigenvalue weighted by Gasteiger charge is -2.10. The lowest BCUT2D eigenvalue weighted by Crippen LogP contribution is -2.29. The van der Waals surface area contributed by atoms with Crippen molar-refractivity contribution in [2.24, 2.45) is 0 Å². The second-order valence-electron chi connectivity index (χ2n) is 5.19. The van der Waals surface area contributed by atoms with Crippen molar-refractivity contribution in [3.05, 3.63) is 63.7 Å². The van der Waals surface area contributed by atoms with Crippen molar-refractivity contribution in [3.63, 3.8) is 0 Å². The van der Waals surface area contributed by atoms with E-state index < -0.39 is 4.92 Å². The van der Waals surface area contributed by atoms with Crippen LogP contribution in [0.15, 0.2) is 42.5 Å². The van der Waals surface area contributed by atoms with Gasteiger partial charge in [-0.25, -0.2) is 0 Å². The van der Waals surface area contributed by atoms with Crippen LogP contribution in [0.5, 0.6) is 5.75 Å². The lowest BCUT2D eigenvalue weighted by molar-refractivity contribution is -0.385. The number of ether oxygens (including phenoxy) is 1. The molecule has 2 aromatic carbocycles. The molecule has 0 atom stereocenters. The van der Waals surface area contributed by atoms with Crippen LogP contribution < -0.4 is 15.4 Å². The summed E-state index contributed by atoms with van der Waals surface area (Å²) in [6.45, 7) is 2.06. The second kappa shape index (κ2) is 7.96. The zero-order valence-electron chi connectivity index (χ0n) is 13.5. The van der Waals surface area contributed by atoms with Crippen LogP contribution in [0.4, 0.5) is 11.4 Å². The van der Waals surface area contributed by atoms with E-state index in [0.717, 1.165) is 11.3 Å². The van der Waals surface area contributed by atoms with Gasteiger partial charge in [0.05, 0.1) is 18.6 Å². The van der Waals surface area contributed by atoms with Gasteiger partial charge in [-0.3, -0.25) is 14.9 Å². The normalized spacial score (nSPS) is 10.1. The number of nitrogens with one attached hydrogen (secondary N) is 2. The molecule has 0 aliphatic heterocycles. The molecule has 2 rings (SSSR count). The van der Waals surface area contributed by atoms with Crippen molar-refractivity contribution in [2.75, 3.05) is 19.0 Å². The minimum atomic E-state index is -0.441. The summed E-state index contributed by atoms with van der Waals surface area (Å²) in [4.78, 5) is 22.4. The second-order valence-corrected chi connectivity index (χ2v) is 5.19. The highest BCUT2D eigenvalue weighted by molar-refractivity contribution is 5.81. The zero-order chi connectivity index (χ0) is 17.5. The van der Waals surface area contributed by atoms with Crippen LogP contribution in [0.2, 0.25) is 0 Å². The molecule has 7 heteroatoms. The van der Waals surface area contributed by atoms with Crippen LogP contribution in [-0.2, 0) is 11.3 Å². The number of hydrogen-bond donors (Lipinski definition) is 2. The summed E-state index contributed by atoms with van der Waals surface area (Å²) in [7, 11) is 1.59. The zero-order valence-corrected chi connectivity index (χ0v) is 13.5. The Morgan fingerprint density at radius 1 is 1.25 bits per heavy atom. The van der Waals surface area contributed by atoms with Crippen molar-refractivity contribution in [1.29, 1.82) is 0 Å². The maximum absolute atomic E-state index is 11.9. The Morgan fingerprint density at radius 2 is 2.00 bits per heavy atom. The summed E-state index contributed by atoms with van der Waals surface area (Å²) in [5, 5.41) is 16.6. The molecule has 1 amide bonds. The van der Waals surface area contributed by atoms with E-state index in [4.69, 9.17) is 4.74 Å². The summed E-state index contributed by atoms with van der Waals surface area (Å²) < 4.78 is 5.13. The van der Waals surface area contributed by atoms with Gasteiger partial charge in [0.2, 0.25) is 5.91 Å². The molecular weight excluding hydrogens is 310 g/mol. The average molecular weight is 329 g/mol. The summed E-state index contributed by atoms with van der Waals surface area (Å²) in [5.74, 6) is 0.524. The summed E-state index contributed by atoms with van der Waals surface area (Å²) >= 11 is 0. The van der Waals surface area contributed by atoms with Crippen LogP contribution in [-0.4, -0.2) is 24.5 Å². The number of anilines is 1. The molecule has 2 aromatic rings. The minimum Gasteiger partial charge on any atom is -0.497 e. The number of benzene rings is 2. The van der Waals surface area contributed by atoms with Crippen LogP contribution in [0, 0.1) is 17.0 Å². The highest BCUT2D eigenvalue weighted by Gasteiger charge is 2.13. The molecule has 0 aliphatic rings. The van der Waals surface area contributed by atoms with Crippen molar-refractivity contribution in [2.45, 2.75) is 13.5 Å². The van der Waals surface area contributed by atoms with Gasteiger partial charge in [-0.15, -0.1) is 0 Å². The molecule has 0 fully saturated rings. The van der Waals surface area contributed by atoms with E-state index >= 15 is 0 Å². The first-order valence-corrected chi connectivity index (χ1v) is 7.38. The standard InChI is InChI=1S/C17H19N3O4/c1-12-15(7-4-8-16(12)20(22)23)18-11-17(21)19-10-13-5-3-6-14(9-13)24-2/h3-9,18H,10-11H2,1-2H3,(H,19,21). The maximum atomic E-state index is 11.9. The van der Waals surface area contributed by atoms with Gasteiger partial charge in [-0.05, 0) is 30.7 Å². The number of methoxy groups -OCH3 is 1. The summed E-state index contributed by atoms with van der Waals surface area (Å²) in [6, 6.07) is 12.1. The first-order chi connectivity index (χ1) is 11.5. The van der Waals surface area contributed by atoms with Gasteiger partial charge in [-0.1, -0.05) is 18.2 Å². The molecule has 0 bridgehead atoms. The fourth-order valence-electron chi connectivity index (χ4n) is 2.23. The molecule has 0 aliphatic carbocycles. The fourth-order valence-corrected chi connectivity index (χ4v) is 2.23. The molecule has 0 saturated carbocycles. The molecule has 7 nitrogen and oxygen atoms in total.